The molecule has 0 bridgehead atoms. The highest BCUT2D eigenvalue weighted by Gasteiger charge is 2.17. The van der Waals surface area contributed by atoms with Crippen molar-refractivity contribution in [2.45, 2.75) is 19.3 Å². The standard InChI is InChI=1S/C15H19ClN2O2S/c1-9-8-21-15(18-9)11(7-17)4-10-5-12(16)14(20-3)13(6-10)19-2/h5-6,8,11H,4,7,17H2,1-3H3. The van der Waals surface area contributed by atoms with Crippen LogP contribution < -0.4 is 15.2 Å². The Morgan fingerprint density at radius 3 is 2.62 bits per heavy atom. The number of rotatable bonds is 6. The highest BCUT2D eigenvalue weighted by molar-refractivity contribution is 7.09. The Labute approximate surface area is 133 Å². The SMILES string of the molecule is COc1cc(CC(CN)c2nc(C)cs2)cc(Cl)c1OC. The van der Waals surface area contributed by atoms with Gasteiger partial charge in [-0.3, -0.25) is 0 Å². The van der Waals surface area contributed by atoms with Crippen molar-refractivity contribution >= 4 is 22.9 Å². The normalized spacial score (nSPS) is 12.2. The minimum absolute atomic E-state index is 0.179. The Morgan fingerprint density at radius 1 is 1.33 bits per heavy atom. The second kappa shape index (κ2) is 7.11. The summed E-state index contributed by atoms with van der Waals surface area (Å²) in [6.45, 7) is 2.53. The number of benzene rings is 1. The van der Waals surface area contributed by atoms with E-state index in [9.17, 15) is 0 Å². The van der Waals surface area contributed by atoms with Crippen LogP contribution in [0.1, 0.15) is 22.2 Å². The molecule has 2 aromatic rings. The second-order valence-corrected chi connectivity index (χ2v) is 6.07. The van der Waals surface area contributed by atoms with Gasteiger partial charge in [0.05, 0.1) is 24.2 Å². The molecule has 1 aromatic heterocycles. The first-order chi connectivity index (χ1) is 10.1. The van der Waals surface area contributed by atoms with Crippen LogP contribution in [-0.2, 0) is 6.42 Å². The van der Waals surface area contributed by atoms with E-state index in [2.05, 4.69) is 4.98 Å². The molecule has 0 aliphatic carbocycles. The molecular weight excluding hydrogens is 308 g/mol. The Bertz CT molecular complexity index is 616. The van der Waals surface area contributed by atoms with Crippen molar-refractivity contribution in [3.05, 3.63) is 38.8 Å². The number of aromatic nitrogens is 1. The molecule has 114 valence electrons. The van der Waals surface area contributed by atoms with Gasteiger partial charge in [-0.15, -0.1) is 11.3 Å². The monoisotopic (exact) mass is 326 g/mol. The van der Waals surface area contributed by atoms with Gasteiger partial charge < -0.3 is 15.2 Å². The lowest BCUT2D eigenvalue weighted by atomic mass is 9.99. The number of nitrogens with two attached hydrogens (primary N) is 1. The molecule has 0 fully saturated rings. The molecule has 0 spiro atoms. The van der Waals surface area contributed by atoms with Crippen molar-refractivity contribution in [3.63, 3.8) is 0 Å². The van der Waals surface area contributed by atoms with Crippen molar-refractivity contribution in [2.75, 3.05) is 20.8 Å². The van der Waals surface area contributed by atoms with Crippen molar-refractivity contribution in [3.8, 4) is 11.5 Å². The third kappa shape index (κ3) is 3.67. The summed E-state index contributed by atoms with van der Waals surface area (Å²) in [6, 6.07) is 3.83. The molecular formula is C15H19ClN2O2S. The lowest BCUT2D eigenvalue weighted by Gasteiger charge is -2.15. The van der Waals surface area contributed by atoms with Gasteiger partial charge in [-0.25, -0.2) is 4.98 Å². The lowest BCUT2D eigenvalue weighted by Crippen LogP contribution is -2.15. The van der Waals surface area contributed by atoms with Gasteiger partial charge in [0.15, 0.2) is 11.5 Å². The van der Waals surface area contributed by atoms with Crippen molar-refractivity contribution in [1.29, 1.82) is 0 Å². The van der Waals surface area contributed by atoms with E-state index in [4.69, 9.17) is 26.8 Å². The van der Waals surface area contributed by atoms with E-state index >= 15 is 0 Å². The number of hydrogen-bond donors (Lipinski definition) is 1. The Morgan fingerprint density at radius 2 is 2.10 bits per heavy atom. The zero-order chi connectivity index (χ0) is 15.4. The number of halogens is 1. The summed E-state index contributed by atoms with van der Waals surface area (Å²) in [4.78, 5) is 4.53. The van der Waals surface area contributed by atoms with Crippen LogP contribution >= 0.6 is 22.9 Å². The zero-order valence-electron chi connectivity index (χ0n) is 12.4. The van der Waals surface area contributed by atoms with Gasteiger partial charge in [-0.1, -0.05) is 11.6 Å². The van der Waals surface area contributed by atoms with E-state index in [1.807, 2.05) is 24.4 Å². The number of hydrogen-bond acceptors (Lipinski definition) is 5. The maximum absolute atomic E-state index is 6.24. The molecule has 0 saturated carbocycles. The summed E-state index contributed by atoms with van der Waals surface area (Å²) in [5, 5.41) is 3.64. The van der Waals surface area contributed by atoms with Crippen LogP contribution in [0.25, 0.3) is 0 Å². The third-order valence-corrected chi connectivity index (χ3v) is 4.65. The first-order valence-corrected chi connectivity index (χ1v) is 7.87. The molecule has 1 atom stereocenters. The van der Waals surface area contributed by atoms with E-state index in [-0.39, 0.29) is 5.92 Å². The molecule has 4 nitrogen and oxygen atoms in total. The smallest absolute Gasteiger partial charge is 0.179 e. The van der Waals surface area contributed by atoms with Gasteiger partial charge in [0, 0.05) is 23.5 Å². The molecule has 0 amide bonds. The van der Waals surface area contributed by atoms with Crippen LogP contribution in [0.2, 0.25) is 5.02 Å². The molecule has 0 aliphatic rings. The highest BCUT2D eigenvalue weighted by atomic mass is 35.5. The fourth-order valence-electron chi connectivity index (χ4n) is 2.20. The van der Waals surface area contributed by atoms with Crippen LogP contribution in [-0.4, -0.2) is 25.7 Å². The van der Waals surface area contributed by atoms with Gasteiger partial charge in [0.25, 0.3) is 0 Å². The second-order valence-electron chi connectivity index (χ2n) is 4.78. The molecule has 6 heteroatoms. The summed E-state index contributed by atoms with van der Waals surface area (Å²) in [5.74, 6) is 1.36. The summed E-state index contributed by atoms with van der Waals surface area (Å²) >= 11 is 7.88. The van der Waals surface area contributed by atoms with Crippen LogP contribution in [0.3, 0.4) is 0 Å². The molecule has 2 N–H and O–H groups in total. The number of ether oxygens (including phenoxy) is 2. The Hall–Kier alpha value is -1.30. The number of nitrogens with zero attached hydrogens (tertiary/aromatic N) is 1. The minimum Gasteiger partial charge on any atom is -0.493 e. The minimum atomic E-state index is 0.179. The summed E-state index contributed by atoms with van der Waals surface area (Å²) in [6.07, 6.45) is 0.767. The van der Waals surface area contributed by atoms with Crippen LogP contribution in [0.15, 0.2) is 17.5 Å². The molecule has 0 radical (unpaired) electrons. The highest BCUT2D eigenvalue weighted by Crippen LogP contribution is 2.37. The van der Waals surface area contributed by atoms with Crippen molar-refractivity contribution < 1.29 is 9.47 Å². The topological polar surface area (TPSA) is 57.4 Å². The van der Waals surface area contributed by atoms with Crippen LogP contribution in [0.4, 0.5) is 0 Å². The number of methoxy groups -OCH3 is 2. The fourth-order valence-corrected chi connectivity index (χ4v) is 3.43. The number of thiazole rings is 1. The van der Waals surface area contributed by atoms with E-state index in [1.54, 1.807) is 25.6 Å². The average Bonchev–Trinajstić information content (AvgIpc) is 2.90. The third-order valence-electron chi connectivity index (χ3n) is 3.25. The largest absolute Gasteiger partial charge is 0.493 e. The predicted molar refractivity (Wildman–Crippen MR) is 86.9 cm³/mol. The quantitative estimate of drug-likeness (QED) is 0.883. The first kappa shape index (κ1) is 16.1. The Kier molecular flexibility index (Phi) is 5.45. The van der Waals surface area contributed by atoms with Gasteiger partial charge >= 0.3 is 0 Å². The molecule has 0 aliphatic heterocycles. The predicted octanol–water partition coefficient (Wildman–Crippen LogP) is 3.41. The molecule has 21 heavy (non-hydrogen) atoms. The van der Waals surface area contributed by atoms with Gasteiger partial charge in [-0.2, -0.15) is 0 Å². The van der Waals surface area contributed by atoms with E-state index < -0.39 is 0 Å². The van der Waals surface area contributed by atoms with Crippen LogP contribution in [0.5, 0.6) is 11.5 Å². The molecule has 1 heterocycles. The van der Waals surface area contributed by atoms with E-state index in [1.165, 1.54) is 0 Å². The van der Waals surface area contributed by atoms with Crippen LogP contribution in [0, 0.1) is 6.92 Å². The average molecular weight is 327 g/mol. The fraction of sp³-hybridized carbons (Fsp3) is 0.400. The van der Waals surface area contributed by atoms with Gasteiger partial charge in [0.1, 0.15) is 0 Å². The summed E-state index contributed by atoms with van der Waals surface area (Å²) in [5.41, 5.74) is 7.99. The molecule has 1 unspecified atom stereocenters. The maximum Gasteiger partial charge on any atom is 0.179 e. The lowest BCUT2D eigenvalue weighted by molar-refractivity contribution is 0.354. The summed E-state index contributed by atoms with van der Waals surface area (Å²) in [7, 11) is 3.17. The molecule has 0 saturated heterocycles. The summed E-state index contributed by atoms with van der Waals surface area (Å²) < 4.78 is 10.6. The maximum atomic E-state index is 6.24. The first-order valence-electron chi connectivity index (χ1n) is 6.61. The molecule has 1 aromatic carbocycles. The van der Waals surface area contributed by atoms with E-state index in [0.717, 1.165) is 22.7 Å². The van der Waals surface area contributed by atoms with Gasteiger partial charge in [0.2, 0.25) is 0 Å². The van der Waals surface area contributed by atoms with Crippen molar-refractivity contribution in [1.82, 2.24) is 4.98 Å². The number of aryl methyl sites for hydroxylation is 1. The molecule has 2 rings (SSSR count). The van der Waals surface area contributed by atoms with E-state index in [0.29, 0.717) is 23.1 Å². The Balaban J connectivity index is 2.27. The van der Waals surface area contributed by atoms with Gasteiger partial charge in [-0.05, 0) is 31.0 Å². The van der Waals surface area contributed by atoms with Crippen molar-refractivity contribution in [2.24, 2.45) is 5.73 Å². The zero-order valence-corrected chi connectivity index (χ0v) is 13.9.